The Bertz CT molecular complexity index is 441. The average molecular weight is 208 g/mol. The Morgan fingerprint density at radius 1 is 1.53 bits per heavy atom. The minimum atomic E-state index is -0.364. The number of fused-ring (bicyclic) bond motifs is 1. The van der Waals surface area contributed by atoms with E-state index in [1.54, 1.807) is 12.1 Å². The van der Waals surface area contributed by atoms with E-state index in [0.29, 0.717) is 24.4 Å². The fourth-order valence-corrected chi connectivity index (χ4v) is 1.11. The van der Waals surface area contributed by atoms with Crippen LogP contribution in [0.4, 0.5) is 5.82 Å². The molecule has 0 aliphatic rings. The van der Waals surface area contributed by atoms with Gasteiger partial charge in [-0.2, -0.15) is 0 Å². The van der Waals surface area contributed by atoms with Crippen LogP contribution in [-0.2, 0) is 0 Å². The Kier molecular flexibility index (Phi) is 2.72. The number of hydrogen-bond acceptors (Lipinski definition) is 6. The third-order valence-corrected chi connectivity index (χ3v) is 2.06. The highest BCUT2D eigenvalue weighted by Gasteiger charge is 2.03. The lowest BCUT2D eigenvalue weighted by Crippen LogP contribution is -2.19. The monoisotopic (exact) mass is 208 g/mol. The van der Waals surface area contributed by atoms with Crippen LogP contribution < -0.4 is 5.32 Å². The molecule has 0 fully saturated rings. The highest BCUT2D eigenvalue weighted by Crippen LogP contribution is 2.03. The molecule has 0 bridgehead atoms. The zero-order chi connectivity index (χ0) is 10.7. The highest BCUT2D eigenvalue weighted by atomic mass is 16.3. The molecule has 0 aromatic carbocycles. The predicted molar refractivity (Wildman–Crippen MR) is 53.4 cm³/mol. The topological polar surface area (TPSA) is 88.2 Å². The van der Waals surface area contributed by atoms with Gasteiger partial charge in [0, 0.05) is 6.54 Å². The first-order valence-electron chi connectivity index (χ1n) is 4.77. The van der Waals surface area contributed by atoms with E-state index in [1.807, 2.05) is 6.92 Å². The van der Waals surface area contributed by atoms with Crippen LogP contribution in [-0.4, -0.2) is 43.0 Å². The van der Waals surface area contributed by atoms with Gasteiger partial charge in [-0.1, -0.05) is 6.92 Å². The second kappa shape index (κ2) is 4.18. The van der Waals surface area contributed by atoms with E-state index in [4.69, 9.17) is 0 Å². The maximum absolute atomic E-state index is 9.36. The number of nitrogens with zero attached hydrogens (tertiary/aromatic N) is 5. The molecule has 2 aromatic heterocycles. The summed E-state index contributed by atoms with van der Waals surface area (Å²) in [6, 6.07) is 3.53. The zero-order valence-corrected chi connectivity index (χ0v) is 8.33. The van der Waals surface area contributed by atoms with Crippen molar-refractivity contribution in [2.45, 2.75) is 19.4 Å². The molecule has 15 heavy (non-hydrogen) atoms. The first-order valence-corrected chi connectivity index (χ1v) is 4.77. The van der Waals surface area contributed by atoms with Crippen molar-refractivity contribution in [1.82, 2.24) is 25.3 Å². The van der Waals surface area contributed by atoms with Gasteiger partial charge in [0.1, 0.15) is 5.82 Å². The predicted octanol–water partition coefficient (Wildman–Crippen LogP) is -0.298. The molecule has 1 unspecified atom stereocenters. The summed E-state index contributed by atoms with van der Waals surface area (Å²) in [5, 5.41) is 27.3. The number of nitrogens with one attached hydrogen (secondary N) is 1. The molecule has 7 heteroatoms. The van der Waals surface area contributed by atoms with Crippen LogP contribution in [0.5, 0.6) is 0 Å². The molecular formula is C8H12N6O. The molecule has 2 rings (SSSR count). The molecule has 0 saturated heterocycles. The van der Waals surface area contributed by atoms with Crippen molar-refractivity contribution < 1.29 is 5.11 Å². The van der Waals surface area contributed by atoms with Gasteiger partial charge in [0.05, 0.1) is 6.10 Å². The van der Waals surface area contributed by atoms with E-state index in [9.17, 15) is 5.11 Å². The summed E-state index contributed by atoms with van der Waals surface area (Å²) in [4.78, 5) is 0. The molecule has 0 radical (unpaired) electrons. The third-order valence-electron chi connectivity index (χ3n) is 2.06. The van der Waals surface area contributed by atoms with Gasteiger partial charge in [0.25, 0.3) is 0 Å². The molecule has 0 aliphatic carbocycles. The molecule has 7 nitrogen and oxygen atoms in total. The molecule has 0 aliphatic heterocycles. The Balaban J connectivity index is 2.08. The number of aliphatic hydroxyl groups is 1. The summed E-state index contributed by atoms with van der Waals surface area (Å²) in [5.74, 6) is 0.641. The molecule has 80 valence electrons. The molecule has 0 spiro atoms. The molecule has 0 amide bonds. The number of tetrazole rings is 1. The van der Waals surface area contributed by atoms with Crippen molar-refractivity contribution in [1.29, 1.82) is 0 Å². The fraction of sp³-hybridized carbons (Fsp3) is 0.500. The number of rotatable bonds is 4. The van der Waals surface area contributed by atoms with Gasteiger partial charge in [-0.3, -0.25) is 0 Å². The van der Waals surface area contributed by atoms with E-state index < -0.39 is 0 Å². The number of aliphatic hydroxyl groups excluding tert-OH is 1. The lowest BCUT2D eigenvalue weighted by atomic mass is 10.3. The van der Waals surface area contributed by atoms with Crippen LogP contribution in [0.25, 0.3) is 5.65 Å². The van der Waals surface area contributed by atoms with Gasteiger partial charge < -0.3 is 10.4 Å². The van der Waals surface area contributed by atoms with Crippen LogP contribution >= 0.6 is 0 Å². The maximum atomic E-state index is 9.36. The standard InChI is InChI=1S/C8H12N6O/c1-2-6(15)5-9-7-3-4-8-10-12-13-14(8)11-7/h3-4,6,15H,2,5H2,1H3,(H,9,11). The van der Waals surface area contributed by atoms with E-state index in [1.165, 1.54) is 4.63 Å². The van der Waals surface area contributed by atoms with Crippen LogP contribution in [0.2, 0.25) is 0 Å². The molecule has 2 aromatic rings. The minimum Gasteiger partial charge on any atom is -0.391 e. The van der Waals surface area contributed by atoms with Crippen molar-refractivity contribution >= 4 is 11.5 Å². The van der Waals surface area contributed by atoms with E-state index in [0.717, 1.165) is 0 Å². The van der Waals surface area contributed by atoms with Gasteiger partial charge in [-0.15, -0.1) is 14.8 Å². The number of hydrogen-bond donors (Lipinski definition) is 2. The van der Waals surface area contributed by atoms with Crippen molar-refractivity contribution in [3.05, 3.63) is 12.1 Å². The van der Waals surface area contributed by atoms with Crippen LogP contribution in [0, 0.1) is 0 Å². The largest absolute Gasteiger partial charge is 0.391 e. The van der Waals surface area contributed by atoms with E-state index in [-0.39, 0.29) is 6.10 Å². The van der Waals surface area contributed by atoms with Crippen molar-refractivity contribution in [2.24, 2.45) is 0 Å². The SMILES string of the molecule is CCC(O)CNc1ccc2nnnn2n1. The number of anilines is 1. The van der Waals surface area contributed by atoms with Crippen LogP contribution in [0.1, 0.15) is 13.3 Å². The molecule has 1 atom stereocenters. The van der Waals surface area contributed by atoms with Crippen LogP contribution in [0.15, 0.2) is 12.1 Å². The number of aromatic nitrogens is 5. The van der Waals surface area contributed by atoms with Gasteiger partial charge in [-0.05, 0) is 29.0 Å². The van der Waals surface area contributed by atoms with Crippen molar-refractivity contribution in [3.8, 4) is 0 Å². The second-order valence-electron chi connectivity index (χ2n) is 3.19. The summed E-state index contributed by atoms with van der Waals surface area (Å²) < 4.78 is 1.33. The Hall–Kier alpha value is -1.76. The zero-order valence-electron chi connectivity index (χ0n) is 8.33. The third kappa shape index (κ3) is 2.18. The molecular weight excluding hydrogens is 196 g/mol. The van der Waals surface area contributed by atoms with Crippen molar-refractivity contribution in [3.63, 3.8) is 0 Å². The summed E-state index contributed by atoms with van der Waals surface area (Å²) in [7, 11) is 0. The van der Waals surface area contributed by atoms with Gasteiger partial charge >= 0.3 is 0 Å². The Morgan fingerprint density at radius 3 is 3.20 bits per heavy atom. The van der Waals surface area contributed by atoms with E-state index in [2.05, 4.69) is 25.9 Å². The molecule has 2 N–H and O–H groups in total. The lowest BCUT2D eigenvalue weighted by molar-refractivity contribution is 0.183. The average Bonchev–Trinajstić information content (AvgIpc) is 2.72. The van der Waals surface area contributed by atoms with Gasteiger partial charge in [-0.25, -0.2) is 0 Å². The maximum Gasteiger partial charge on any atom is 0.200 e. The van der Waals surface area contributed by atoms with Crippen molar-refractivity contribution in [2.75, 3.05) is 11.9 Å². The van der Waals surface area contributed by atoms with Gasteiger partial charge in [0.15, 0.2) is 5.65 Å². The minimum absolute atomic E-state index is 0.364. The molecule has 0 saturated carbocycles. The highest BCUT2D eigenvalue weighted by molar-refractivity contribution is 5.42. The smallest absolute Gasteiger partial charge is 0.200 e. The first kappa shape index (κ1) is 9.78. The second-order valence-corrected chi connectivity index (χ2v) is 3.19. The normalized spacial score (nSPS) is 12.9. The molecule has 2 heterocycles. The van der Waals surface area contributed by atoms with E-state index >= 15 is 0 Å². The Labute approximate surface area is 86.1 Å². The summed E-state index contributed by atoms with van der Waals surface area (Å²) in [5.41, 5.74) is 0.594. The summed E-state index contributed by atoms with van der Waals surface area (Å²) in [6.45, 7) is 2.39. The first-order chi connectivity index (χ1) is 7.29. The Morgan fingerprint density at radius 2 is 2.40 bits per heavy atom. The van der Waals surface area contributed by atoms with Gasteiger partial charge in [0.2, 0.25) is 0 Å². The summed E-state index contributed by atoms with van der Waals surface area (Å²) in [6.07, 6.45) is 0.344. The van der Waals surface area contributed by atoms with Crippen LogP contribution in [0.3, 0.4) is 0 Å². The quantitative estimate of drug-likeness (QED) is 0.717. The summed E-state index contributed by atoms with van der Waals surface area (Å²) >= 11 is 0. The fourth-order valence-electron chi connectivity index (χ4n) is 1.11. The lowest BCUT2D eigenvalue weighted by Gasteiger charge is -2.09.